The van der Waals surface area contributed by atoms with Crippen LogP contribution in [0.2, 0.25) is 5.15 Å². The molecule has 27 heavy (non-hydrogen) atoms. The van der Waals surface area contributed by atoms with Crippen molar-refractivity contribution in [1.82, 2.24) is 19.2 Å². The van der Waals surface area contributed by atoms with Gasteiger partial charge in [0.15, 0.2) is 10.7 Å². The molecule has 8 heteroatoms. The van der Waals surface area contributed by atoms with Gasteiger partial charge >= 0.3 is 0 Å². The molecule has 1 fully saturated rings. The lowest BCUT2D eigenvalue weighted by Gasteiger charge is -2.37. The Morgan fingerprint density at radius 3 is 2.89 bits per heavy atom. The normalized spacial score (nSPS) is 20.3. The summed E-state index contributed by atoms with van der Waals surface area (Å²) < 4.78 is 2.87. The van der Waals surface area contributed by atoms with Crippen LogP contribution < -0.4 is 0 Å². The minimum atomic E-state index is -0.282. The van der Waals surface area contributed by atoms with Crippen LogP contribution in [0.4, 0.5) is 0 Å². The van der Waals surface area contributed by atoms with Crippen LogP contribution in [-0.4, -0.2) is 56.7 Å². The summed E-state index contributed by atoms with van der Waals surface area (Å²) in [6.07, 6.45) is 6.17. The molecule has 1 aliphatic heterocycles. The van der Waals surface area contributed by atoms with Crippen LogP contribution in [0.15, 0.2) is 36.4 Å². The van der Waals surface area contributed by atoms with Crippen molar-refractivity contribution >= 4 is 49.9 Å². The Morgan fingerprint density at radius 2 is 2.11 bits per heavy atom. The Hall–Kier alpha value is -2.38. The number of allylic oxidation sites excluding steroid dienone is 1. The largest absolute Gasteiger partial charge is 0.333 e. The van der Waals surface area contributed by atoms with Crippen LogP contribution in [0.5, 0.6) is 0 Å². The van der Waals surface area contributed by atoms with Crippen molar-refractivity contribution in [1.29, 1.82) is 0 Å². The van der Waals surface area contributed by atoms with Crippen molar-refractivity contribution in [3.8, 4) is 0 Å². The van der Waals surface area contributed by atoms with Gasteiger partial charge in [0.1, 0.15) is 11.7 Å². The third-order valence-corrected chi connectivity index (χ3v) is 6.60. The van der Waals surface area contributed by atoms with Gasteiger partial charge in [-0.2, -0.15) is 0 Å². The van der Waals surface area contributed by atoms with Crippen LogP contribution in [0.3, 0.4) is 0 Å². The molecule has 0 saturated carbocycles. The number of aromatic nitrogens is 2. The monoisotopic (exact) mass is 400 g/mol. The molecular formula is C19H17ClN4O2S. The molecule has 3 heterocycles. The van der Waals surface area contributed by atoms with Crippen molar-refractivity contribution in [2.45, 2.75) is 18.9 Å². The van der Waals surface area contributed by atoms with Gasteiger partial charge in [-0.15, -0.1) is 0 Å². The Morgan fingerprint density at radius 1 is 1.26 bits per heavy atom. The molecule has 1 aliphatic carbocycles. The molecule has 1 unspecified atom stereocenters. The van der Waals surface area contributed by atoms with Crippen LogP contribution in [0.1, 0.15) is 23.3 Å². The van der Waals surface area contributed by atoms with E-state index < -0.39 is 0 Å². The molecule has 6 nitrogen and oxygen atoms in total. The number of imidazole rings is 1. The third kappa shape index (κ3) is 2.64. The van der Waals surface area contributed by atoms with E-state index in [0.29, 0.717) is 23.2 Å². The van der Waals surface area contributed by atoms with Crippen LogP contribution >= 0.6 is 22.9 Å². The molecule has 138 valence electrons. The quantitative estimate of drug-likeness (QED) is 0.621. The maximum atomic E-state index is 13.0. The van der Waals surface area contributed by atoms with Gasteiger partial charge in [0, 0.05) is 13.1 Å². The lowest BCUT2D eigenvalue weighted by Crippen LogP contribution is -2.54. The summed E-state index contributed by atoms with van der Waals surface area (Å²) >= 11 is 8.01. The summed E-state index contributed by atoms with van der Waals surface area (Å²) in [5, 5.41) is 0.307. The van der Waals surface area contributed by atoms with E-state index >= 15 is 0 Å². The van der Waals surface area contributed by atoms with Crippen molar-refractivity contribution in [2.75, 3.05) is 19.6 Å². The first kappa shape index (κ1) is 16.8. The van der Waals surface area contributed by atoms with Crippen LogP contribution in [0.25, 0.3) is 15.2 Å². The van der Waals surface area contributed by atoms with Crippen molar-refractivity contribution in [3.63, 3.8) is 0 Å². The molecule has 1 atom stereocenters. The van der Waals surface area contributed by atoms with E-state index in [4.69, 9.17) is 11.6 Å². The topological polar surface area (TPSA) is 57.9 Å². The van der Waals surface area contributed by atoms with Crippen LogP contribution in [0, 0.1) is 0 Å². The number of fused-ring (bicyclic) bond motifs is 3. The van der Waals surface area contributed by atoms with Gasteiger partial charge in [0.05, 0.1) is 16.3 Å². The van der Waals surface area contributed by atoms with Gasteiger partial charge in [-0.1, -0.05) is 47.2 Å². The van der Waals surface area contributed by atoms with Gasteiger partial charge in [0.25, 0.3) is 5.91 Å². The predicted octanol–water partition coefficient (Wildman–Crippen LogP) is 3.21. The molecule has 1 saturated heterocycles. The third-order valence-electron chi connectivity index (χ3n) is 5.23. The molecule has 1 aromatic carbocycles. The average molecular weight is 401 g/mol. The van der Waals surface area contributed by atoms with E-state index in [0.717, 1.165) is 23.1 Å². The molecule has 2 aliphatic rings. The van der Waals surface area contributed by atoms with E-state index in [1.54, 1.807) is 9.30 Å². The van der Waals surface area contributed by atoms with Crippen molar-refractivity contribution in [3.05, 3.63) is 47.3 Å². The number of hydrogen-bond acceptors (Lipinski definition) is 4. The molecule has 2 aromatic heterocycles. The fraction of sp³-hybridized carbons (Fsp3) is 0.316. The highest BCUT2D eigenvalue weighted by atomic mass is 35.5. The summed E-state index contributed by atoms with van der Waals surface area (Å²) in [7, 11) is 0. The number of thiazole rings is 1. The number of carbonyl (C=O) groups is 2. The lowest BCUT2D eigenvalue weighted by atomic mass is 10.2. The number of halogens is 1. The molecule has 3 aromatic rings. The fourth-order valence-electron chi connectivity index (χ4n) is 3.86. The van der Waals surface area contributed by atoms with Gasteiger partial charge in [-0.25, -0.2) is 4.98 Å². The van der Waals surface area contributed by atoms with Crippen LogP contribution in [-0.2, 0) is 4.79 Å². The zero-order chi connectivity index (χ0) is 18.5. The number of amides is 2. The van der Waals surface area contributed by atoms with Crippen molar-refractivity contribution < 1.29 is 9.59 Å². The summed E-state index contributed by atoms with van der Waals surface area (Å²) in [6, 6.07) is 8.02. The summed E-state index contributed by atoms with van der Waals surface area (Å²) in [4.78, 5) is 34.1. The second-order valence-corrected chi connectivity index (χ2v) is 8.19. The zero-order valence-corrected chi connectivity index (χ0v) is 16.0. The summed E-state index contributed by atoms with van der Waals surface area (Å²) in [5.41, 5.74) is 1.15. The molecular weight excluding hydrogens is 384 g/mol. The van der Waals surface area contributed by atoms with E-state index in [1.807, 2.05) is 29.2 Å². The number of carbonyl (C=O) groups excluding carboxylic acids is 2. The number of piperazine rings is 1. The second kappa shape index (κ2) is 6.35. The first-order valence-electron chi connectivity index (χ1n) is 8.94. The van der Waals surface area contributed by atoms with E-state index in [1.165, 1.54) is 11.3 Å². The Balaban J connectivity index is 1.42. The maximum Gasteiger partial charge on any atom is 0.276 e. The Kier molecular flexibility index (Phi) is 3.94. The van der Waals surface area contributed by atoms with E-state index in [2.05, 4.69) is 17.1 Å². The first-order chi connectivity index (χ1) is 13.1. The minimum absolute atomic E-state index is 0.0197. The zero-order valence-electron chi connectivity index (χ0n) is 14.5. The second-order valence-electron chi connectivity index (χ2n) is 6.83. The van der Waals surface area contributed by atoms with Gasteiger partial charge in [-0.05, 0) is 25.0 Å². The number of para-hydroxylation sites is 1. The molecule has 5 rings (SSSR count). The average Bonchev–Trinajstić information content (AvgIpc) is 3.38. The summed E-state index contributed by atoms with van der Waals surface area (Å²) in [6.45, 7) is 1.12. The number of hydrogen-bond donors (Lipinski definition) is 0. The van der Waals surface area contributed by atoms with Gasteiger partial charge in [0.2, 0.25) is 5.91 Å². The smallest absolute Gasteiger partial charge is 0.276 e. The molecule has 0 bridgehead atoms. The fourth-order valence-corrected chi connectivity index (χ4v) is 5.23. The number of benzene rings is 1. The van der Waals surface area contributed by atoms with Gasteiger partial charge in [-0.3, -0.25) is 14.0 Å². The Bertz CT molecular complexity index is 1100. The maximum absolute atomic E-state index is 13.0. The SMILES string of the molecule is O=C(c1nc2sc3ccccc3n2c1Cl)N1CCN(C2C=CCC2)C(=O)C1. The van der Waals surface area contributed by atoms with E-state index in [9.17, 15) is 9.59 Å². The standard InChI is InChI=1S/C19H17ClN4O2S/c20-17-16(21-19-24(17)13-7-3-4-8-14(13)27-19)18(26)22-9-10-23(15(25)11-22)12-5-1-2-6-12/h1,3-5,7-8,12H,2,6,9-11H2. The molecule has 2 amide bonds. The van der Waals surface area contributed by atoms with E-state index in [-0.39, 0.29) is 30.1 Å². The lowest BCUT2D eigenvalue weighted by molar-refractivity contribution is -0.136. The summed E-state index contributed by atoms with van der Waals surface area (Å²) in [5.74, 6) is -0.302. The number of rotatable bonds is 2. The number of nitrogens with zero attached hydrogens (tertiary/aromatic N) is 4. The highest BCUT2D eigenvalue weighted by Crippen LogP contribution is 2.31. The molecule has 0 radical (unpaired) electrons. The van der Waals surface area contributed by atoms with Crippen molar-refractivity contribution in [2.24, 2.45) is 0 Å². The van der Waals surface area contributed by atoms with Gasteiger partial charge < -0.3 is 9.80 Å². The predicted molar refractivity (Wildman–Crippen MR) is 105 cm³/mol. The minimum Gasteiger partial charge on any atom is -0.333 e. The highest BCUT2D eigenvalue weighted by Gasteiger charge is 2.33. The molecule has 0 N–H and O–H groups in total. The first-order valence-corrected chi connectivity index (χ1v) is 10.1. The highest BCUT2D eigenvalue weighted by molar-refractivity contribution is 7.23. The molecule has 0 spiro atoms. The Labute approximate surface area is 164 Å².